The molecule has 0 spiro atoms. The van der Waals surface area contributed by atoms with Gasteiger partial charge in [0.15, 0.2) is 0 Å². The molecule has 2 aliphatic rings. The fourth-order valence-corrected chi connectivity index (χ4v) is 4.51. The molecule has 0 bridgehead atoms. The Balaban J connectivity index is 1.56. The van der Waals surface area contributed by atoms with Gasteiger partial charge < -0.3 is 14.6 Å². The van der Waals surface area contributed by atoms with Gasteiger partial charge in [0.25, 0.3) is 0 Å². The van der Waals surface area contributed by atoms with Crippen molar-refractivity contribution in [3.8, 4) is 0 Å². The topological polar surface area (TPSA) is 74.5 Å². The Hall–Kier alpha value is -1.63. The van der Waals surface area contributed by atoms with Crippen LogP contribution in [0.5, 0.6) is 0 Å². The maximum absolute atomic E-state index is 12.8. The molecule has 29 heavy (non-hydrogen) atoms. The summed E-state index contributed by atoms with van der Waals surface area (Å²) in [5.74, 6) is 1.99. The van der Waals surface area contributed by atoms with E-state index in [1.165, 1.54) is 12.8 Å². The third kappa shape index (κ3) is 5.93. The van der Waals surface area contributed by atoms with Gasteiger partial charge >= 0.3 is 6.03 Å². The predicted octanol–water partition coefficient (Wildman–Crippen LogP) is 3.94. The fraction of sp³-hybridized carbons (Fsp3) is 0.864. The molecule has 2 amide bonds. The molecule has 0 radical (unpaired) electrons. The number of carbonyl (C=O) groups is 1. The van der Waals surface area contributed by atoms with E-state index in [1.807, 2.05) is 13.8 Å². The average Bonchev–Trinajstić information content (AvgIpc) is 2.98. The van der Waals surface area contributed by atoms with Crippen LogP contribution >= 0.6 is 0 Å². The number of hydrogen-bond acceptors (Lipinski definition) is 5. The Morgan fingerprint density at radius 1 is 1.10 bits per heavy atom. The number of likely N-dealkylation sites (tertiary alicyclic amines) is 2. The number of nitrogens with one attached hydrogen (secondary N) is 1. The van der Waals surface area contributed by atoms with Gasteiger partial charge in [-0.15, -0.1) is 10.2 Å². The summed E-state index contributed by atoms with van der Waals surface area (Å²) in [6, 6.07) is 0.671. The highest BCUT2D eigenvalue weighted by atomic mass is 16.4. The molecular formula is C22H39N5O2. The number of piperidine rings is 1. The number of hydrogen-bond donors (Lipinski definition) is 1. The lowest BCUT2D eigenvalue weighted by Gasteiger charge is -2.40. The molecule has 1 unspecified atom stereocenters. The fourth-order valence-electron chi connectivity index (χ4n) is 4.51. The minimum Gasteiger partial charge on any atom is -0.423 e. The minimum atomic E-state index is -0.113. The number of amides is 2. The zero-order valence-electron chi connectivity index (χ0n) is 18.9. The molecule has 0 saturated carbocycles. The van der Waals surface area contributed by atoms with E-state index >= 15 is 0 Å². The average molecular weight is 406 g/mol. The number of aromatic nitrogens is 2. The Labute approximate surface area is 175 Å². The third-order valence-electron chi connectivity index (χ3n) is 6.12. The first-order chi connectivity index (χ1) is 13.7. The summed E-state index contributed by atoms with van der Waals surface area (Å²) >= 11 is 0. The second-order valence-corrected chi connectivity index (χ2v) is 10.1. The highest BCUT2D eigenvalue weighted by molar-refractivity contribution is 5.74. The van der Waals surface area contributed by atoms with Crippen LogP contribution in [0.2, 0.25) is 0 Å². The van der Waals surface area contributed by atoms with Crippen molar-refractivity contribution in [1.29, 1.82) is 0 Å². The summed E-state index contributed by atoms with van der Waals surface area (Å²) in [5, 5.41) is 11.6. The Bertz CT molecular complexity index is 658. The summed E-state index contributed by atoms with van der Waals surface area (Å²) in [5.41, 5.74) is -0.113. The third-order valence-corrected chi connectivity index (χ3v) is 6.12. The Morgan fingerprint density at radius 3 is 2.45 bits per heavy atom. The van der Waals surface area contributed by atoms with Crippen molar-refractivity contribution in [2.75, 3.05) is 19.6 Å². The zero-order valence-corrected chi connectivity index (χ0v) is 18.9. The first kappa shape index (κ1) is 22.1. The van der Waals surface area contributed by atoms with Crippen molar-refractivity contribution >= 4 is 6.03 Å². The summed E-state index contributed by atoms with van der Waals surface area (Å²) in [7, 11) is 0. The van der Waals surface area contributed by atoms with Gasteiger partial charge in [0, 0.05) is 24.0 Å². The van der Waals surface area contributed by atoms with Gasteiger partial charge in [0.1, 0.15) is 0 Å². The molecule has 1 aromatic rings. The first-order valence-electron chi connectivity index (χ1n) is 11.4. The van der Waals surface area contributed by atoms with Crippen LogP contribution in [0.25, 0.3) is 0 Å². The molecule has 0 aromatic carbocycles. The normalized spacial score (nSPS) is 22.7. The maximum Gasteiger partial charge on any atom is 0.317 e. The number of rotatable bonds is 4. The van der Waals surface area contributed by atoms with Gasteiger partial charge in [0.2, 0.25) is 11.8 Å². The highest BCUT2D eigenvalue weighted by Gasteiger charge is 2.34. The monoisotopic (exact) mass is 405 g/mol. The summed E-state index contributed by atoms with van der Waals surface area (Å²) < 4.78 is 5.87. The summed E-state index contributed by atoms with van der Waals surface area (Å²) in [4.78, 5) is 17.3. The zero-order chi connectivity index (χ0) is 21.0. The van der Waals surface area contributed by atoms with Gasteiger partial charge in [-0.05, 0) is 58.5 Å². The minimum absolute atomic E-state index is 0.113. The van der Waals surface area contributed by atoms with Gasteiger partial charge in [0.05, 0.1) is 6.54 Å². The van der Waals surface area contributed by atoms with E-state index in [9.17, 15) is 4.79 Å². The smallest absolute Gasteiger partial charge is 0.317 e. The van der Waals surface area contributed by atoms with E-state index in [4.69, 9.17) is 4.42 Å². The molecule has 2 aliphatic heterocycles. The molecule has 1 atom stereocenters. The van der Waals surface area contributed by atoms with Crippen LogP contribution in [0.4, 0.5) is 4.79 Å². The molecule has 2 fully saturated rings. The Kier molecular flexibility index (Phi) is 7.19. The lowest BCUT2D eigenvalue weighted by molar-refractivity contribution is 0.0934. The maximum atomic E-state index is 12.8. The van der Waals surface area contributed by atoms with E-state index in [2.05, 4.69) is 46.1 Å². The molecule has 164 valence electrons. The van der Waals surface area contributed by atoms with E-state index in [1.54, 1.807) is 0 Å². The van der Waals surface area contributed by atoms with Gasteiger partial charge in [-0.25, -0.2) is 4.79 Å². The van der Waals surface area contributed by atoms with Crippen LogP contribution in [0.3, 0.4) is 0 Å². The van der Waals surface area contributed by atoms with Crippen LogP contribution in [0.15, 0.2) is 4.42 Å². The lowest BCUT2D eigenvalue weighted by atomic mass is 9.86. The van der Waals surface area contributed by atoms with Crippen molar-refractivity contribution in [3.63, 3.8) is 0 Å². The molecule has 3 rings (SSSR count). The van der Waals surface area contributed by atoms with Crippen molar-refractivity contribution in [2.24, 2.45) is 5.92 Å². The van der Waals surface area contributed by atoms with E-state index in [0.717, 1.165) is 51.9 Å². The van der Waals surface area contributed by atoms with Gasteiger partial charge in [-0.3, -0.25) is 4.90 Å². The van der Waals surface area contributed by atoms with Gasteiger partial charge in [-0.1, -0.05) is 33.6 Å². The molecule has 7 nitrogen and oxygen atoms in total. The van der Waals surface area contributed by atoms with E-state index in [-0.39, 0.29) is 17.5 Å². The molecule has 2 saturated heterocycles. The summed E-state index contributed by atoms with van der Waals surface area (Å²) in [6.45, 7) is 14.0. The van der Waals surface area contributed by atoms with Crippen LogP contribution in [-0.2, 0) is 12.0 Å². The van der Waals surface area contributed by atoms with E-state index < -0.39 is 0 Å². The van der Waals surface area contributed by atoms with Crippen molar-refractivity contribution in [3.05, 3.63) is 11.8 Å². The lowest BCUT2D eigenvalue weighted by Crippen LogP contribution is -2.52. The van der Waals surface area contributed by atoms with Crippen LogP contribution < -0.4 is 5.32 Å². The molecule has 7 heteroatoms. The quantitative estimate of drug-likeness (QED) is 0.821. The first-order valence-corrected chi connectivity index (χ1v) is 11.4. The highest BCUT2D eigenvalue weighted by Crippen LogP contribution is 2.31. The Morgan fingerprint density at radius 2 is 1.83 bits per heavy atom. The van der Waals surface area contributed by atoms with Crippen molar-refractivity contribution in [1.82, 2.24) is 25.3 Å². The molecular weight excluding hydrogens is 366 g/mol. The largest absolute Gasteiger partial charge is 0.423 e. The van der Waals surface area contributed by atoms with Crippen LogP contribution in [0, 0.1) is 5.92 Å². The second-order valence-electron chi connectivity index (χ2n) is 10.1. The number of carbonyl (C=O) groups excluding carboxylic acids is 1. The number of urea groups is 1. The molecule has 0 aliphatic carbocycles. The van der Waals surface area contributed by atoms with Crippen LogP contribution in [-0.4, -0.2) is 57.7 Å². The predicted molar refractivity (Wildman–Crippen MR) is 114 cm³/mol. The molecule has 3 heterocycles. The van der Waals surface area contributed by atoms with Gasteiger partial charge in [-0.2, -0.15) is 0 Å². The SMILES string of the molecule is CC(C)NC(=O)N1CCCCCC1C1CCN(Cc2nnc(C(C)(C)C)o2)CC1. The molecule has 1 N–H and O–H groups in total. The standard InChI is InChI=1S/C22H39N5O2/c1-16(2)23-21(28)27-12-8-6-7-9-18(27)17-10-13-26(14-11-17)15-19-24-25-20(29-19)22(3,4)5/h16-18H,6-15H2,1-5H3,(H,23,28). The number of nitrogens with zero attached hydrogens (tertiary/aromatic N) is 4. The summed E-state index contributed by atoms with van der Waals surface area (Å²) in [6.07, 6.45) is 6.96. The molecule has 1 aromatic heterocycles. The van der Waals surface area contributed by atoms with E-state index in [0.29, 0.717) is 23.7 Å². The second kappa shape index (κ2) is 9.45. The van der Waals surface area contributed by atoms with Crippen LogP contribution in [0.1, 0.15) is 84.9 Å². The van der Waals surface area contributed by atoms with Crippen molar-refractivity contribution < 1.29 is 9.21 Å². The van der Waals surface area contributed by atoms with Crippen molar-refractivity contribution in [2.45, 2.75) is 97.2 Å².